The number of hydrogen-bond donors (Lipinski definition) is 2. The number of carbonyl (C=O) groups is 2. The third kappa shape index (κ3) is 5.09. The Bertz CT molecular complexity index is 545. The fourth-order valence-corrected chi connectivity index (χ4v) is 1.63. The van der Waals surface area contributed by atoms with Crippen LogP contribution in [0.5, 0.6) is 5.75 Å². The molecule has 0 aliphatic heterocycles. The van der Waals surface area contributed by atoms with Crippen LogP contribution in [0.3, 0.4) is 0 Å². The molecule has 0 atom stereocenters. The molecule has 0 saturated heterocycles. The van der Waals surface area contributed by atoms with Gasteiger partial charge in [0.05, 0.1) is 12.0 Å². The molecule has 0 aliphatic carbocycles. The van der Waals surface area contributed by atoms with Crippen LogP contribution in [0.1, 0.15) is 23.7 Å². The molecule has 0 aliphatic rings. The van der Waals surface area contributed by atoms with Crippen LogP contribution in [0, 0.1) is 10.1 Å². The molecule has 2 amide bonds. The minimum absolute atomic E-state index is 0.0993. The molecule has 0 radical (unpaired) electrons. The number of amides is 2. The Hall–Kier alpha value is -2.64. The van der Waals surface area contributed by atoms with E-state index in [2.05, 4.69) is 10.6 Å². The number of methoxy groups -OCH3 is 1. The maximum atomic E-state index is 11.9. The summed E-state index contributed by atoms with van der Waals surface area (Å²) >= 11 is 0. The number of nitrogens with zero attached hydrogens (tertiary/aromatic N) is 1. The van der Waals surface area contributed by atoms with Crippen LogP contribution in [-0.2, 0) is 4.79 Å². The van der Waals surface area contributed by atoms with Crippen LogP contribution in [0.2, 0.25) is 0 Å². The van der Waals surface area contributed by atoms with E-state index in [1.165, 1.54) is 32.2 Å². The molecule has 2 N–H and O–H groups in total. The standard InChI is InChI=1S/C13H17N3O5/c1-9(17)14-6-3-7-15-13(18)10-4-5-12(21-2)11(8-10)16(19)20/h4-5,8H,3,6-7H2,1-2H3,(H,14,17)(H,15,18). The molecule has 0 bridgehead atoms. The smallest absolute Gasteiger partial charge is 0.311 e. The van der Waals surface area contributed by atoms with Crippen molar-refractivity contribution in [1.29, 1.82) is 0 Å². The Labute approximate surface area is 121 Å². The van der Waals surface area contributed by atoms with Crippen LogP contribution >= 0.6 is 0 Å². The summed E-state index contributed by atoms with van der Waals surface area (Å²) < 4.78 is 4.86. The van der Waals surface area contributed by atoms with Gasteiger partial charge in [-0.25, -0.2) is 0 Å². The fraction of sp³-hybridized carbons (Fsp3) is 0.385. The lowest BCUT2D eigenvalue weighted by Crippen LogP contribution is -2.28. The molecular formula is C13H17N3O5. The molecule has 8 heteroatoms. The maximum absolute atomic E-state index is 11.9. The van der Waals surface area contributed by atoms with Gasteiger partial charge >= 0.3 is 5.69 Å². The van der Waals surface area contributed by atoms with Crippen molar-refractivity contribution in [3.8, 4) is 5.75 Å². The quantitative estimate of drug-likeness (QED) is 0.440. The van der Waals surface area contributed by atoms with E-state index in [0.717, 1.165) is 0 Å². The number of benzene rings is 1. The lowest BCUT2D eigenvalue weighted by molar-refractivity contribution is -0.385. The first-order valence-corrected chi connectivity index (χ1v) is 6.30. The van der Waals surface area contributed by atoms with Crippen molar-refractivity contribution in [2.24, 2.45) is 0 Å². The number of nitro groups is 1. The van der Waals surface area contributed by atoms with Crippen LogP contribution in [-0.4, -0.2) is 36.9 Å². The molecule has 1 rings (SSSR count). The molecule has 21 heavy (non-hydrogen) atoms. The summed E-state index contributed by atoms with van der Waals surface area (Å²) in [6.45, 7) is 2.23. The van der Waals surface area contributed by atoms with Gasteiger partial charge in [-0.3, -0.25) is 19.7 Å². The second-order valence-electron chi connectivity index (χ2n) is 4.24. The Morgan fingerprint density at radius 1 is 1.29 bits per heavy atom. The number of carbonyl (C=O) groups excluding carboxylic acids is 2. The molecule has 0 heterocycles. The minimum Gasteiger partial charge on any atom is -0.490 e. The average Bonchev–Trinajstić information content (AvgIpc) is 2.45. The Kier molecular flexibility index (Phi) is 6.12. The third-order valence-electron chi connectivity index (χ3n) is 2.65. The van der Waals surface area contributed by atoms with Crippen molar-refractivity contribution < 1.29 is 19.2 Å². The molecule has 1 aromatic carbocycles. The number of rotatable bonds is 7. The maximum Gasteiger partial charge on any atom is 0.311 e. The SMILES string of the molecule is COc1ccc(C(=O)NCCCNC(C)=O)cc1[N+](=O)[O-]. The van der Waals surface area contributed by atoms with E-state index in [9.17, 15) is 19.7 Å². The summed E-state index contributed by atoms with van der Waals surface area (Å²) in [6, 6.07) is 4.00. The van der Waals surface area contributed by atoms with Gasteiger partial charge in [0.2, 0.25) is 5.91 Å². The van der Waals surface area contributed by atoms with E-state index in [1.54, 1.807) is 0 Å². The van der Waals surface area contributed by atoms with Crippen molar-refractivity contribution in [2.45, 2.75) is 13.3 Å². The molecule has 1 aromatic rings. The van der Waals surface area contributed by atoms with Gasteiger partial charge in [-0.15, -0.1) is 0 Å². The number of ether oxygens (including phenoxy) is 1. The summed E-state index contributed by atoms with van der Waals surface area (Å²) in [5, 5.41) is 16.1. The van der Waals surface area contributed by atoms with Crippen molar-refractivity contribution in [3.05, 3.63) is 33.9 Å². The molecule has 0 saturated carbocycles. The zero-order valence-electron chi connectivity index (χ0n) is 11.8. The van der Waals surface area contributed by atoms with E-state index < -0.39 is 10.8 Å². The first-order valence-electron chi connectivity index (χ1n) is 6.30. The second kappa shape index (κ2) is 7.83. The predicted octanol–water partition coefficient (Wildman–Crippen LogP) is 0.859. The van der Waals surface area contributed by atoms with E-state index in [4.69, 9.17) is 4.74 Å². The van der Waals surface area contributed by atoms with Crippen molar-refractivity contribution in [3.63, 3.8) is 0 Å². The number of nitrogens with one attached hydrogen (secondary N) is 2. The molecule has 0 spiro atoms. The van der Waals surface area contributed by atoms with Crippen LogP contribution < -0.4 is 15.4 Å². The van der Waals surface area contributed by atoms with Crippen molar-refractivity contribution in [2.75, 3.05) is 20.2 Å². The summed E-state index contributed by atoms with van der Waals surface area (Å²) in [7, 11) is 1.32. The fourth-order valence-electron chi connectivity index (χ4n) is 1.63. The molecular weight excluding hydrogens is 278 g/mol. The summed E-state index contributed by atoms with van der Waals surface area (Å²) in [4.78, 5) is 32.8. The molecule has 114 valence electrons. The van der Waals surface area contributed by atoms with Gasteiger partial charge in [0, 0.05) is 31.6 Å². The average molecular weight is 295 g/mol. The van der Waals surface area contributed by atoms with Crippen LogP contribution in [0.25, 0.3) is 0 Å². The van der Waals surface area contributed by atoms with Crippen molar-refractivity contribution >= 4 is 17.5 Å². The first-order chi connectivity index (χ1) is 9.95. The van der Waals surface area contributed by atoms with Gasteiger partial charge < -0.3 is 15.4 Å². The normalized spacial score (nSPS) is 9.81. The van der Waals surface area contributed by atoms with Crippen LogP contribution in [0.4, 0.5) is 5.69 Å². The van der Waals surface area contributed by atoms with E-state index in [-0.39, 0.29) is 22.9 Å². The lowest BCUT2D eigenvalue weighted by Gasteiger charge is -2.07. The van der Waals surface area contributed by atoms with E-state index >= 15 is 0 Å². The minimum atomic E-state index is -0.605. The van der Waals surface area contributed by atoms with Gasteiger partial charge in [0.1, 0.15) is 0 Å². The lowest BCUT2D eigenvalue weighted by atomic mass is 10.1. The third-order valence-corrected chi connectivity index (χ3v) is 2.65. The highest BCUT2D eigenvalue weighted by atomic mass is 16.6. The van der Waals surface area contributed by atoms with E-state index in [0.29, 0.717) is 19.5 Å². The highest BCUT2D eigenvalue weighted by Gasteiger charge is 2.17. The second-order valence-corrected chi connectivity index (χ2v) is 4.24. The summed E-state index contributed by atoms with van der Waals surface area (Å²) in [6.07, 6.45) is 0.573. The zero-order valence-corrected chi connectivity index (χ0v) is 11.8. The summed E-state index contributed by atoms with van der Waals surface area (Å²) in [5.74, 6) is -0.446. The summed E-state index contributed by atoms with van der Waals surface area (Å²) in [5.41, 5.74) is -0.0783. The van der Waals surface area contributed by atoms with Gasteiger partial charge in [0.15, 0.2) is 5.75 Å². The zero-order chi connectivity index (χ0) is 15.8. The highest BCUT2D eigenvalue weighted by Crippen LogP contribution is 2.27. The van der Waals surface area contributed by atoms with Gasteiger partial charge in [-0.05, 0) is 18.6 Å². The molecule has 8 nitrogen and oxygen atoms in total. The van der Waals surface area contributed by atoms with Gasteiger partial charge in [-0.1, -0.05) is 0 Å². The monoisotopic (exact) mass is 295 g/mol. The molecule has 0 aromatic heterocycles. The predicted molar refractivity (Wildman–Crippen MR) is 75.3 cm³/mol. The highest BCUT2D eigenvalue weighted by molar-refractivity contribution is 5.95. The Morgan fingerprint density at radius 3 is 2.52 bits per heavy atom. The van der Waals surface area contributed by atoms with Gasteiger partial charge in [0.25, 0.3) is 5.91 Å². The number of nitro benzene ring substituents is 1. The first kappa shape index (κ1) is 16.4. The Morgan fingerprint density at radius 2 is 1.95 bits per heavy atom. The molecule has 0 unspecified atom stereocenters. The van der Waals surface area contributed by atoms with Crippen molar-refractivity contribution in [1.82, 2.24) is 10.6 Å². The number of hydrogen-bond acceptors (Lipinski definition) is 5. The Balaban J connectivity index is 2.60. The molecule has 0 fully saturated rings. The van der Waals surface area contributed by atoms with Crippen LogP contribution in [0.15, 0.2) is 18.2 Å². The van der Waals surface area contributed by atoms with E-state index in [1.807, 2.05) is 0 Å². The largest absolute Gasteiger partial charge is 0.490 e. The topological polar surface area (TPSA) is 111 Å². The van der Waals surface area contributed by atoms with Gasteiger partial charge in [-0.2, -0.15) is 0 Å².